The second kappa shape index (κ2) is 11.2. The van der Waals surface area contributed by atoms with Crippen molar-refractivity contribution < 1.29 is 23.4 Å². The van der Waals surface area contributed by atoms with E-state index < -0.39 is 23.1 Å². The summed E-state index contributed by atoms with van der Waals surface area (Å²) < 4.78 is 35.4. The molecular weight excluding hydrogens is 560 g/mol. The van der Waals surface area contributed by atoms with Crippen LogP contribution < -0.4 is 20.9 Å². The molecule has 220 valence electrons. The Labute approximate surface area is 243 Å². The fourth-order valence-corrected chi connectivity index (χ4v) is 5.39. The fraction of sp³-hybridized carbons (Fsp3) is 0.233. The number of hydrogen-bond donors (Lipinski definition) is 4. The number of pyridine rings is 1. The highest BCUT2D eigenvalue weighted by Crippen LogP contribution is 2.41. The smallest absolute Gasteiger partial charge is 0.284 e. The zero-order valence-electron chi connectivity index (χ0n) is 23.0. The summed E-state index contributed by atoms with van der Waals surface area (Å²) in [6, 6.07) is 11.8. The average Bonchev–Trinajstić information content (AvgIpc) is 3.58. The molecule has 4 N–H and O–H groups in total. The number of nitrogens with zero attached hydrogens (tertiary/aromatic N) is 4. The van der Waals surface area contributed by atoms with E-state index in [1.165, 1.54) is 54.9 Å². The summed E-state index contributed by atoms with van der Waals surface area (Å²) in [5.74, 6) is -1.29. The number of hydrogen-bond acceptors (Lipinski definition) is 8. The number of halogens is 2. The van der Waals surface area contributed by atoms with E-state index >= 15 is 4.39 Å². The number of H-pyrrole nitrogens is 1. The van der Waals surface area contributed by atoms with Gasteiger partial charge in [0.25, 0.3) is 11.5 Å². The molecule has 1 aliphatic rings. The molecule has 5 aromatic rings. The quantitative estimate of drug-likeness (QED) is 0.203. The number of aliphatic hydroxyl groups excluding tert-OH is 1. The van der Waals surface area contributed by atoms with E-state index in [0.29, 0.717) is 22.6 Å². The van der Waals surface area contributed by atoms with Crippen LogP contribution in [-0.2, 0) is 0 Å². The number of carbonyl (C=O) groups excluding carboxylic acids is 1. The van der Waals surface area contributed by atoms with Crippen LogP contribution in [0.4, 0.5) is 20.3 Å². The van der Waals surface area contributed by atoms with Crippen LogP contribution in [0.25, 0.3) is 16.7 Å². The molecule has 1 amide bonds. The number of fused-ring (bicyclic) bond motifs is 1. The molecule has 1 fully saturated rings. The van der Waals surface area contributed by atoms with Crippen molar-refractivity contribution in [2.24, 2.45) is 5.92 Å². The summed E-state index contributed by atoms with van der Waals surface area (Å²) in [6.45, 7) is 2.09. The molecule has 0 aliphatic heterocycles. The minimum Gasteiger partial charge on any atom is -0.453 e. The number of anilines is 2. The highest BCUT2D eigenvalue weighted by molar-refractivity contribution is 6.04. The third kappa shape index (κ3) is 5.42. The van der Waals surface area contributed by atoms with Gasteiger partial charge in [0.2, 0.25) is 0 Å². The molecule has 0 spiro atoms. The highest BCUT2D eigenvalue weighted by Gasteiger charge is 2.39. The van der Waals surface area contributed by atoms with E-state index in [9.17, 15) is 19.1 Å². The summed E-state index contributed by atoms with van der Waals surface area (Å²) in [7, 11) is 0. The van der Waals surface area contributed by atoms with Gasteiger partial charge < -0.3 is 20.5 Å². The van der Waals surface area contributed by atoms with Gasteiger partial charge in [-0.3, -0.25) is 14.7 Å². The lowest BCUT2D eigenvalue weighted by atomic mass is 9.89. The van der Waals surface area contributed by atoms with Crippen LogP contribution in [0, 0.1) is 17.6 Å². The van der Waals surface area contributed by atoms with Crippen LogP contribution in [0.3, 0.4) is 0 Å². The van der Waals surface area contributed by atoms with Crippen LogP contribution in [0.15, 0.2) is 71.8 Å². The van der Waals surface area contributed by atoms with Crippen LogP contribution in [0.5, 0.6) is 11.5 Å². The van der Waals surface area contributed by atoms with E-state index in [4.69, 9.17) is 4.74 Å². The van der Waals surface area contributed by atoms with Crippen molar-refractivity contribution in [1.29, 1.82) is 0 Å². The largest absolute Gasteiger partial charge is 0.453 e. The molecule has 1 saturated carbocycles. The molecule has 2 atom stereocenters. The van der Waals surface area contributed by atoms with Gasteiger partial charge in [0, 0.05) is 48.3 Å². The second-order valence-electron chi connectivity index (χ2n) is 10.6. The first-order valence-electron chi connectivity index (χ1n) is 13.6. The number of benzene rings is 2. The lowest BCUT2D eigenvalue weighted by molar-refractivity contribution is 0.102. The average molecular weight is 588 g/mol. The van der Waals surface area contributed by atoms with Crippen molar-refractivity contribution in [2.75, 3.05) is 17.2 Å². The Morgan fingerprint density at radius 2 is 1.95 bits per heavy atom. The van der Waals surface area contributed by atoms with Gasteiger partial charge in [-0.1, -0.05) is 6.42 Å². The van der Waals surface area contributed by atoms with Gasteiger partial charge in [-0.15, -0.1) is 0 Å². The third-order valence-electron chi connectivity index (χ3n) is 7.77. The summed E-state index contributed by atoms with van der Waals surface area (Å²) in [4.78, 5) is 30.1. The van der Waals surface area contributed by atoms with Crippen molar-refractivity contribution in [2.45, 2.75) is 31.7 Å². The number of carbonyl (C=O) groups is 1. The van der Waals surface area contributed by atoms with E-state index in [1.54, 1.807) is 6.07 Å². The maximum atomic E-state index is 15.2. The van der Waals surface area contributed by atoms with Crippen LogP contribution in [0.2, 0.25) is 0 Å². The number of aromatic amines is 1. The Kier molecular flexibility index (Phi) is 7.32. The summed E-state index contributed by atoms with van der Waals surface area (Å²) in [5.41, 5.74) is -0.537. The van der Waals surface area contributed by atoms with Gasteiger partial charge >= 0.3 is 0 Å². The van der Waals surface area contributed by atoms with Crippen molar-refractivity contribution >= 4 is 28.4 Å². The first-order chi connectivity index (χ1) is 20.8. The molecule has 6 rings (SSSR count). The molecule has 13 heteroatoms. The summed E-state index contributed by atoms with van der Waals surface area (Å²) in [6.07, 6.45) is 5.49. The molecule has 3 aromatic heterocycles. The van der Waals surface area contributed by atoms with Crippen molar-refractivity contribution in [3.8, 4) is 17.2 Å². The summed E-state index contributed by atoms with van der Waals surface area (Å²) >= 11 is 0. The van der Waals surface area contributed by atoms with Gasteiger partial charge in [-0.05, 0) is 62.2 Å². The number of ether oxygens (including phenoxy) is 1. The van der Waals surface area contributed by atoms with Gasteiger partial charge in [0.1, 0.15) is 22.5 Å². The Morgan fingerprint density at radius 3 is 2.72 bits per heavy atom. The van der Waals surface area contributed by atoms with E-state index in [-0.39, 0.29) is 40.8 Å². The van der Waals surface area contributed by atoms with Gasteiger partial charge in [0.15, 0.2) is 23.0 Å². The first-order valence-corrected chi connectivity index (χ1v) is 13.6. The van der Waals surface area contributed by atoms with Crippen LogP contribution >= 0.6 is 0 Å². The monoisotopic (exact) mass is 587 g/mol. The highest BCUT2D eigenvalue weighted by atomic mass is 19.1. The number of rotatable bonds is 8. The Morgan fingerprint density at radius 1 is 1.14 bits per heavy atom. The Bertz CT molecular complexity index is 1880. The summed E-state index contributed by atoms with van der Waals surface area (Å²) in [5, 5.41) is 27.5. The predicted molar refractivity (Wildman–Crippen MR) is 155 cm³/mol. The number of nitrogens with one attached hydrogen (secondary N) is 3. The molecule has 3 heterocycles. The third-order valence-corrected chi connectivity index (χ3v) is 7.77. The SMILES string of the molecule is C[C@]1(Nc2n[nH]c3nccc(Oc4ccc(NC(=O)c5ccnn(-c6ccc(F)cc6)c5=O)cc4F)c23)CCCC1CO. The lowest BCUT2D eigenvalue weighted by Gasteiger charge is -2.32. The molecule has 0 radical (unpaired) electrons. The minimum atomic E-state index is -0.775. The van der Waals surface area contributed by atoms with Crippen LogP contribution in [0.1, 0.15) is 36.5 Å². The second-order valence-corrected chi connectivity index (χ2v) is 10.6. The lowest BCUT2D eigenvalue weighted by Crippen LogP contribution is -2.40. The van der Waals surface area contributed by atoms with E-state index in [1.807, 2.05) is 6.92 Å². The molecule has 0 bridgehead atoms. The van der Waals surface area contributed by atoms with Gasteiger partial charge in [-0.25, -0.2) is 13.8 Å². The van der Waals surface area contributed by atoms with Gasteiger partial charge in [-0.2, -0.15) is 14.9 Å². The maximum absolute atomic E-state index is 15.2. The molecular formula is C30H27F2N7O4. The number of aromatic nitrogens is 5. The Balaban J connectivity index is 1.22. The first kappa shape index (κ1) is 28.0. The minimum absolute atomic E-state index is 0.0487. The van der Waals surface area contributed by atoms with Crippen LogP contribution in [-0.4, -0.2) is 48.1 Å². The topological polar surface area (TPSA) is 147 Å². The number of amides is 1. The molecule has 11 nitrogen and oxygen atoms in total. The van der Waals surface area contributed by atoms with Crippen molar-refractivity contribution in [3.05, 3.63) is 94.5 Å². The molecule has 43 heavy (non-hydrogen) atoms. The predicted octanol–water partition coefficient (Wildman–Crippen LogP) is 4.79. The molecule has 0 saturated heterocycles. The molecule has 1 unspecified atom stereocenters. The van der Waals surface area contributed by atoms with E-state index in [0.717, 1.165) is 30.0 Å². The molecule has 1 aliphatic carbocycles. The normalized spacial score (nSPS) is 18.1. The van der Waals surface area contributed by atoms with E-state index in [2.05, 4.69) is 30.9 Å². The van der Waals surface area contributed by atoms with Crippen molar-refractivity contribution in [1.82, 2.24) is 25.0 Å². The van der Waals surface area contributed by atoms with Crippen molar-refractivity contribution in [3.63, 3.8) is 0 Å². The fourth-order valence-electron chi connectivity index (χ4n) is 5.39. The maximum Gasteiger partial charge on any atom is 0.284 e. The molecule has 2 aromatic carbocycles. The zero-order valence-corrected chi connectivity index (χ0v) is 23.0. The van der Waals surface area contributed by atoms with Gasteiger partial charge in [0.05, 0.1) is 5.69 Å². The number of aliphatic hydroxyl groups is 1. The Hall–Kier alpha value is -5.17. The zero-order chi connectivity index (χ0) is 30.1. The standard InChI is InChI=1S/C30H27F2N7O4/c1-30(12-2-3-17(30)16-40)36-27-25-24(11-13-33-26(25)37-38-27)43-23-9-6-19(15-22(23)32)35-28(41)21-10-14-34-39(29(21)42)20-7-4-18(31)5-8-20/h4-11,13-15,17,40H,2-3,12,16H2,1H3,(H,35,41)(H2,33,36,37,38)/t17?,30-/m0/s1.